The van der Waals surface area contributed by atoms with Gasteiger partial charge in [-0.3, -0.25) is 9.59 Å². The Morgan fingerprint density at radius 2 is 2.22 bits per heavy atom. The van der Waals surface area contributed by atoms with Crippen LogP contribution in [0.3, 0.4) is 0 Å². The van der Waals surface area contributed by atoms with Gasteiger partial charge in [-0.05, 0) is 6.42 Å². The smallest absolute Gasteiger partial charge is 0.245 e. The van der Waals surface area contributed by atoms with Gasteiger partial charge in [0.25, 0.3) is 0 Å². The third-order valence-corrected chi connectivity index (χ3v) is 3.25. The van der Waals surface area contributed by atoms with Crippen LogP contribution in [0, 0.1) is 0 Å². The molecule has 0 spiro atoms. The Morgan fingerprint density at radius 3 is 2.89 bits per heavy atom. The molecular formula is C10H10Cl2N4O2. The maximum absolute atomic E-state index is 11.7. The minimum Gasteiger partial charge on any atom is -0.333 e. The summed E-state index contributed by atoms with van der Waals surface area (Å²) in [5.74, 6) is -0.229. The first-order chi connectivity index (χ1) is 8.58. The lowest BCUT2D eigenvalue weighted by Crippen LogP contribution is -2.34. The lowest BCUT2D eigenvalue weighted by molar-refractivity contribution is -0.131. The molecule has 2 heterocycles. The molecule has 0 radical (unpaired) electrons. The molecule has 0 aliphatic carbocycles. The number of nitrogens with one attached hydrogen (secondary N) is 1. The molecule has 0 saturated carbocycles. The van der Waals surface area contributed by atoms with Gasteiger partial charge in [0.15, 0.2) is 11.0 Å². The summed E-state index contributed by atoms with van der Waals surface area (Å²) < 4.78 is 0. The molecule has 1 saturated heterocycles. The number of likely N-dealkylation sites (tertiary alicyclic amines) is 1. The molecule has 1 aromatic heterocycles. The Hall–Kier alpha value is -1.40. The fraction of sp³-hybridized carbons (Fsp3) is 0.400. The van der Waals surface area contributed by atoms with E-state index in [1.54, 1.807) is 0 Å². The number of anilines is 1. The largest absolute Gasteiger partial charge is 0.333 e. The Morgan fingerprint density at radius 1 is 1.44 bits per heavy atom. The zero-order chi connectivity index (χ0) is 13.1. The summed E-state index contributed by atoms with van der Waals surface area (Å²) in [5, 5.41) is 2.65. The molecule has 1 aliphatic heterocycles. The van der Waals surface area contributed by atoms with Crippen LogP contribution in [0.15, 0.2) is 6.33 Å². The first kappa shape index (κ1) is 13.0. The van der Waals surface area contributed by atoms with Crippen LogP contribution in [0.4, 0.5) is 5.82 Å². The van der Waals surface area contributed by atoms with Crippen molar-refractivity contribution in [2.45, 2.75) is 12.8 Å². The summed E-state index contributed by atoms with van der Waals surface area (Å²) in [6, 6.07) is 0. The number of amides is 2. The van der Waals surface area contributed by atoms with Gasteiger partial charge in [-0.15, -0.1) is 0 Å². The van der Waals surface area contributed by atoms with Gasteiger partial charge >= 0.3 is 0 Å². The van der Waals surface area contributed by atoms with Crippen molar-refractivity contribution in [3.05, 3.63) is 16.5 Å². The first-order valence-electron chi connectivity index (χ1n) is 5.31. The van der Waals surface area contributed by atoms with E-state index in [9.17, 15) is 9.59 Å². The highest BCUT2D eigenvalue weighted by atomic mass is 35.5. The number of carbonyl (C=O) groups excluding carboxylic acids is 2. The fourth-order valence-corrected chi connectivity index (χ4v) is 1.93. The molecule has 8 heteroatoms. The molecule has 0 aromatic carbocycles. The molecule has 1 aromatic rings. The number of hydrogen-bond donors (Lipinski definition) is 1. The molecule has 18 heavy (non-hydrogen) atoms. The zero-order valence-electron chi connectivity index (χ0n) is 9.32. The van der Waals surface area contributed by atoms with Crippen LogP contribution in [0.5, 0.6) is 0 Å². The average Bonchev–Trinajstić information content (AvgIpc) is 2.71. The molecule has 6 nitrogen and oxygen atoms in total. The molecule has 0 atom stereocenters. The van der Waals surface area contributed by atoms with Crippen molar-refractivity contribution in [1.82, 2.24) is 14.9 Å². The van der Waals surface area contributed by atoms with Crippen molar-refractivity contribution >= 4 is 40.8 Å². The molecule has 1 fully saturated rings. The second-order valence-electron chi connectivity index (χ2n) is 3.79. The van der Waals surface area contributed by atoms with Crippen LogP contribution in [0.2, 0.25) is 10.2 Å². The number of nitrogens with zero attached hydrogens (tertiary/aromatic N) is 3. The lowest BCUT2D eigenvalue weighted by atomic mass is 10.4. The Labute approximate surface area is 113 Å². The Bertz CT molecular complexity index is 495. The monoisotopic (exact) mass is 288 g/mol. The van der Waals surface area contributed by atoms with Gasteiger partial charge in [0.1, 0.15) is 11.3 Å². The van der Waals surface area contributed by atoms with E-state index in [0.29, 0.717) is 13.0 Å². The van der Waals surface area contributed by atoms with Crippen molar-refractivity contribution in [3.8, 4) is 0 Å². The van der Waals surface area contributed by atoms with Gasteiger partial charge in [-0.2, -0.15) is 0 Å². The number of hydrogen-bond acceptors (Lipinski definition) is 4. The van der Waals surface area contributed by atoms with E-state index in [1.165, 1.54) is 11.2 Å². The molecular weight excluding hydrogens is 279 g/mol. The SMILES string of the molecule is O=C(CN1CCCC1=O)Nc1ncnc(Cl)c1Cl. The third-order valence-electron chi connectivity index (χ3n) is 2.51. The van der Waals surface area contributed by atoms with Crippen LogP contribution in [0.25, 0.3) is 0 Å². The predicted molar refractivity (Wildman–Crippen MR) is 66.5 cm³/mol. The highest BCUT2D eigenvalue weighted by Gasteiger charge is 2.22. The van der Waals surface area contributed by atoms with E-state index in [0.717, 1.165) is 6.42 Å². The van der Waals surface area contributed by atoms with Crippen molar-refractivity contribution in [1.29, 1.82) is 0 Å². The van der Waals surface area contributed by atoms with Gasteiger partial charge in [0.2, 0.25) is 11.8 Å². The summed E-state index contributed by atoms with van der Waals surface area (Å²) in [4.78, 5) is 32.0. The topological polar surface area (TPSA) is 75.2 Å². The van der Waals surface area contributed by atoms with Crippen molar-refractivity contribution in [2.24, 2.45) is 0 Å². The molecule has 1 aliphatic rings. The Balaban J connectivity index is 1.99. The standard InChI is InChI=1S/C10H10Cl2N4O2/c11-8-9(12)13-5-14-10(8)15-6(17)4-16-3-1-2-7(16)18/h5H,1-4H2,(H,13,14,15,17). The van der Waals surface area contributed by atoms with Crippen LogP contribution in [0.1, 0.15) is 12.8 Å². The minimum absolute atomic E-state index is 0.00319. The molecule has 2 rings (SSSR count). The van der Waals surface area contributed by atoms with Gasteiger partial charge in [-0.25, -0.2) is 9.97 Å². The normalized spacial score (nSPS) is 15.0. The van der Waals surface area contributed by atoms with Crippen molar-refractivity contribution in [3.63, 3.8) is 0 Å². The molecule has 1 N–H and O–H groups in total. The number of halogens is 2. The molecule has 0 unspecified atom stereocenters. The van der Waals surface area contributed by atoms with E-state index in [-0.39, 0.29) is 34.4 Å². The molecule has 0 bridgehead atoms. The lowest BCUT2D eigenvalue weighted by Gasteiger charge is -2.14. The summed E-state index contributed by atoms with van der Waals surface area (Å²) in [5.41, 5.74) is 0. The second-order valence-corrected chi connectivity index (χ2v) is 4.53. The average molecular weight is 289 g/mol. The van der Waals surface area contributed by atoms with Crippen molar-refractivity contribution in [2.75, 3.05) is 18.4 Å². The Kier molecular flexibility index (Phi) is 3.98. The van der Waals surface area contributed by atoms with E-state index < -0.39 is 0 Å². The van der Waals surface area contributed by atoms with Crippen LogP contribution in [-0.4, -0.2) is 39.8 Å². The van der Waals surface area contributed by atoms with E-state index in [2.05, 4.69) is 15.3 Å². The van der Waals surface area contributed by atoms with Crippen LogP contribution >= 0.6 is 23.2 Å². The minimum atomic E-state index is -0.359. The number of rotatable bonds is 3. The maximum Gasteiger partial charge on any atom is 0.245 e. The van der Waals surface area contributed by atoms with Gasteiger partial charge in [-0.1, -0.05) is 23.2 Å². The predicted octanol–water partition coefficient (Wildman–Crippen LogP) is 1.34. The summed E-state index contributed by atoms with van der Waals surface area (Å²) in [6.07, 6.45) is 2.48. The quantitative estimate of drug-likeness (QED) is 0.852. The maximum atomic E-state index is 11.7. The molecule has 2 amide bonds. The van der Waals surface area contributed by atoms with E-state index >= 15 is 0 Å². The van der Waals surface area contributed by atoms with E-state index in [4.69, 9.17) is 23.2 Å². The number of carbonyl (C=O) groups is 2. The summed E-state index contributed by atoms with van der Waals surface area (Å²) >= 11 is 11.5. The zero-order valence-corrected chi connectivity index (χ0v) is 10.8. The number of aromatic nitrogens is 2. The first-order valence-corrected chi connectivity index (χ1v) is 6.07. The highest BCUT2D eigenvalue weighted by molar-refractivity contribution is 6.42. The van der Waals surface area contributed by atoms with Gasteiger partial charge in [0, 0.05) is 13.0 Å². The third kappa shape index (κ3) is 2.88. The van der Waals surface area contributed by atoms with Crippen LogP contribution in [-0.2, 0) is 9.59 Å². The highest BCUT2D eigenvalue weighted by Crippen LogP contribution is 2.25. The fourth-order valence-electron chi connectivity index (χ4n) is 1.65. The van der Waals surface area contributed by atoms with Gasteiger partial charge < -0.3 is 10.2 Å². The molecule has 96 valence electrons. The van der Waals surface area contributed by atoms with Crippen LogP contribution < -0.4 is 5.32 Å². The summed E-state index contributed by atoms with van der Waals surface area (Å²) in [7, 11) is 0. The van der Waals surface area contributed by atoms with E-state index in [1.807, 2.05) is 0 Å². The summed E-state index contributed by atoms with van der Waals surface area (Å²) in [6.45, 7) is 0.599. The second kappa shape index (κ2) is 5.49. The van der Waals surface area contributed by atoms with Crippen molar-refractivity contribution < 1.29 is 9.59 Å². The van der Waals surface area contributed by atoms with Gasteiger partial charge in [0.05, 0.1) is 6.54 Å².